The van der Waals surface area contributed by atoms with Gasteiger partial charge in [0.1, 0.15) is 11.4 Å². The number of nitrogens with one attached hydrogen (secondary N) is 3. The van der Waals surface area contributed by atoms with Gasteiger partial charge in [-0.15, -0.1) is 0 Å². The van der Waals surface area contributed by atoms with Gasteiger partial charge in [0.05, 0.1) is 5.69 Å². The van der Waals surface area contributed by atoms with E-state index in [1.165, 1.54) is 24.8 Å². The van der Waals surface area contributed by atoms with Crippen molar-refractivity contribution in [2.45, 2.75) is 51.5 Å². The van der Waals surface area contributed by atoms with Crippen LogP contribution in [-0.4, -0.2) is 50.0 Å². The molecule has 41 heavy (non-hydrogen) atoms. The highest BCUT2D eigenvalue weighted by Gasteiger charge is 2.38. The minimum absolute atomic E-state index is 0.164. The molecule has 1 saturated heterocycles. The smallest absolute Gasteiger partial charge is 0.273 e. The zero-order valence-corrected chi connectivity index (χ0v) is 23.3. The van der Waals surface area contributed by atoms with Crippen LogP contribution in [0.3, 0.4) is 0 Å². The Hall–Kier alpha value is -4.57. The number of anilines is 3. The van der Waals surface area contributed by atoms with Gasteiger partial charge in [-0.2, -0.15) is 5.10 Å². The minimum Gasteiger partial charge on any atom is -0.368 e. The lowest BCUT2D eigenvalue weighted by atomic mass is 9.73. The second kappa shape index (κ2) is 10.8. The highest BCUT2D eigenvalue weighted by molar-refractivity contribution is 6.07. The maximum absolute atomic E-state index is 13.3. The zero-order valence-electron chi connectivity index (χ0n) is 23.3. The molecule has 0 bridgehead atoms. The Bertz CT molecular complexity index is 1590. The molecule has 3 heterocycles. The second-order valence-electron chi connectivity index (χ2n) is 11.5. The molecule has 0 unspecified atom stereocenters. The summed E-state index contributed by atoms with van der Waals surface area (Å²) in [4.78, 5) is 37.1. The number of rotatable bonds is 6. The van der Waals surface area contributed by atoms with E-state index in [2.05, 4.69) is 61.7 Å². The van der Waals surface area contributed by atoms with Crippen LogP contribution in [0.2, 0.25) is 0 Å². The van der Waals surface area contributed by atoms with Crippen molar-refractivity contribution in [2.75, 3.05) is 29.5 Å². The van der Waals surface area contributed by atoms with Crippen LogP contribution in [0.15, 0.2) is 54.7 Å². The third-order valence-corrected chi connectivity index (χ3v) is 7.88. The van der Waals surface area contributed by atoms with Crippen molar-refractivity contribution in [3.63, 3.8) is 0 Å². The molecule has 0 spiro atoms. The van der Waals surface area contributed by atoms with Gasteiger partial charge in [-0.25, -0.2) is 9.97 Å². The first-order valence-electron chi connectivity index (χ1n) is 14.0. The highest BCUT2D eigenvalue weighted by Crippen LogP contribution is 2.42. The Balaban J connectivity index is 1.11. The van der Waals surface area contributed by atoms with Gasteiger partial charge in [-0.3, -0.25) is 19.6 Å². The molecule has 4 aromatic rings. The van der Waals surface area contributed by atoms with Crippen LogP contribution in [0.25, 0.3) is 11.4 Å². The number of hydrogen-bond acceptors (Lipinski definition) is 7. The number of piperidine rings is 1. The summed E-state index contributed by atoms with van der Waals surface area (Å²) in [5.41, 5.74) is 11.9. The zero-order chi connectivity index (χ0) is 28.6. The fourth-order valence-electron chi connectivity index (χ4n) is 5.83. The average Bonchev–Trinajstić information content (AvgIpc) is 3.43. The van der Waals surface area contributed by atoms with Crippen LogP contribution >= 0.6 is 0 Å². The molecule has 10 heteroatoms. The van der Waals surface area contributed by atoms with Crippen molar-refractivity contribution in [1.29, 1.82) is 0 Å². The standard InChI is InChI=1S/C31H34N8O2/c1-31(2)16-21-17-33-30(32)36-25(21)26-24(31)27(38-37-26)29(41)35-23-12-8-20(9-13-23)28(40)34-22-10-6-19(7-11-22)18-39-14-4-3-5-15-39/h6-13,17H,3-5,14-16,18H2,1-2H3,(H,34,40)(H,35,41)(H,37,38)(H2,32,33,36). The molecule has 5 N–H and O–H groups in total. The lowest BCUT2D eigenvalue weighted by molar-refractivity contribution is 0.101. The molecule has 0 saturated carbocycles. The average molecular weight is 551 g/mol. The molecule has 1 aliphatic carbocycles. The van der Waals surface area contributed by atoms with Gasteiger partial charge in [-0.05, 0) is 85.3 Å². The Kier molecular flexibility index (Phi) is 7.00. The van der Waals surface area contributed by atoms with Gasteiger partial charge in [0.25, 0.3) is 11.8 Å². The predicted molar refractivity (Wildman–Crippen MR) is 159 cm³/mol. The summed E-state index contributed by atoms with van der Waals surface area (Å²) in [6, 6.07) is 14.8. The maximum atomic E-state index is 13.3. The van der Waals surface area contributed by atoms with Crippen molar-refractivity contribution in [2.24, 2.45) is 0 Å². The first-order valence-corrected chi connectivity index (χ1v) is 14.0. The Morgan fingerprint density at radius 2 is 1.59 bits per heavy atom. The van der Waals surface area contributed by atoms with Gasteiger partial charge in [0, 0.05) is 35.2 Å². The monoisotopic (exact) mass is 550 g/mol. The molecule has 1 fully saturated rings. The molecule has 2 aromatic heterocycles. The summed E-state index contributed by atoms with van der Waals surface area (Å²) in [5, 5.41) is 13.2. The number of H-pyrrole nitrogens is 1. The van der Waals surface area contributed by atoms with E-state index in [-0.39, 0.29) is 23.2 Å². The van der Waals surface area contributed by atoms with E-state index in [4.69, 9.17) is 5.73 Å². The number of aromatic amines is 1. The summed E-state index contributed by atoms with van der Waals surface area (Å²) in [7, 11) is 0. The van der Waals surface area contributed by atoms with Crippen molar-refractivity contribution < 1.29 is 9.59 Å². The number of fused-ring (bicyclic) bond motifs is 3. The van der Waals surface area contributed by atoms with Gasteiger partial charge in [-0.1, -0.05) is 32.4 Å². The lowest BCUT2D eigenvalue weighted by Crippen LogP contribution is -2.29. The van der Waals surface area contributed by atoms with Gasteiger partial charge < -0.3 is 16.4 Å². The molecule has 0 radical (unpaired) electrons. The van der Waals surface area contributed by atoms with Gasteiger partial charge >= 0.3 is 0 Å². The molecule has 210 valence electrons. The first kappa shape index (κ1) is 26.6. The number of benzene rings is 2. The largest absolute Gasteiger partial charge is 0.368 e. The number of nitrogens with zero attached hydrogens (tertiary/aromatic N) is 4. The summed E-state index contributed by atoms with van der Waals surface area (Å²) >= 11 is 0. The van der Waals surface area contributed by atoms with Crippen molar-refractivity contribution in [3.05, 3.63) is 82.7 Å². The predicted octanol–water partition coefficient (Wildman–Crippen LogP) is 4.77. The van der Waals surface area contributed by atoms with E-state index in [0.29, 0.717) is 34.8 Å². The van der Waals surface area contributed by atoms with Crippen molar-refractivity contribution in [3.8, 4) is 11.4 Å². The molecule has 6 rings (SSSR count). The quantitative estimate of drug-likeness (QED) is 0.271. The second-order valence-corrected chi connectivity index (χ2v) is 11.5. The third-order valence-electron chi connectivity index (χ3n) is 7.88. The maximum Gasteiger partial charge on any atom is 0.273 e. The van der Waals surface area contributed by atoms with Gasteiger partial charge in [0.15, 0.2) is 0 Å². The number of hydrogen-bond donors (Lipinski definition) is 4. The molecule has 2 aliphatic rings. The number of carbonyl (C=O) groups excluding carboxylic acids is 2. The Labute approximate surface area is 238 Å². The Morgan fingerprint density at radius 3 is 2.29 bits per heavy atom. The van der Waals surface area contributed by atoms with E-state index in [1.54, 1.807) is 30.5 Å². The summed E-state index contributed by atoms with van der Waals surface area (Å²) < 4.78 is 0. The number of nitrogen functional groups attached to an aromatic ring is 1. The number of aromatic nitrogens is 4. The van der Waals surface area contributed by atoms with Crippen LogP contribution < -0.4 is 16.4 Å². The van der Waals surface area contributed by atoms with E-state index in [1.807, 2.05) is 12.1 Å². The summed E-state index contributed by atoms with van der Waals surface area (Å²) in [6.45, 7) is 7.36. The molecule has 1 aliphatic heterocycles. The molecule has 2 amide bonds. The van der Waals surface area contributed by atoms with E-state index < -0.39 is 0 Å². The molecular weight excluding hydrogens is 516 g/mol. The van der Waals surface area contributed by atoms with Gasteiger partial charge in [0.2, 0.25) is 5.95 Å². The van der Waals surface area contributed by atoms with Crippen LogP contribution in [0.4, 0.5) is 17.3 Å². The van der Waals surface area contributed by atoms with E-state index >= 15 is 0 Å². The fourth-order valence-corrected chi connectivity index (χ4v) is 5.83. The Morgan fingerprint density at radius 1 is 0.927 bits per heavy atom. The topological polar surface area (TPSA) is 142 Å². The van der Waals surface area contributed by atoms with Crippen molar-refractivity contribution >= 4 is 29.1 Å². The summed E-state index contributed by atoms with van der Waals surface area (Å²) in [6.07, 6.45) is 6.23. The number of carbonyl (C=O) groups is 2. The van der Waals surface area contributed by atoms with E-state index in [9.17, 15) is 9.59 Å². The number of nitrogens with two attached hydrogens (primary N) is 1. The lowest BCUT2D eigenvalue weighted by Gasteiger charge is -2.30. The normalized spacial score (nSPS) is 16.0. The van der Waals surface area contributed by atoms with Crippen LogP contribution in [0.5, 0.6) is 0 Å². The number of amides is 2. The van der Waals surface area contributed by atoms with E-state index in [0.717, 1.165) is 36.4 Å². The molecule has 10 nitrogen and oxygen atoms in total. The molecule has 2 aromatic carbocycles. The first-order chi connectivity index (χ1) is 19.8. The van der Waals surface area contributed by atoms with Crippen LogP contribution in [-0.2, 0) is 18.4 Å². The summed E-state index contributed by atoms with van der Waals surface area (Å²) in [5.74, 6) is -0.368. The van der Waals surface area contributed by atoms with Crippen LogP contribution in [0, 0.1) is 0 Å². The fraction of sp³-hybridized carbons (Fsp3) is 0.323. The SMILES string of the molecule is CC1(C)Cc2cnc(N)nc2-c2n[nH]c(C(=O)Nc3ccc(C(=O)Nc4ccc(CN5CCCCC5)cc4)cc3)c21. The molecule has 0 atom stereocenters. The molecular formula is C31H34N8O2. The van der Waals surface area contributed by atoms with Crippen LogP contribution in [0.1, 0.15) is 70.6 Å². The third kappa shape index (κ3) is 5.55. The minimum atomic E-state index is -0.366. The highest BCUT2D eigenvalue weighted by atomic mass is 16.2. The number of likely N-dealkylation sites (tertiary alicyclic amines) is 1. The van der Waals surface area contributed by atoms with Crippen molar-refractivity contribution in [1.82, 2.24) is 25.1 Å².